The molecule has 1 unspecified atom stereocenters. The van der Waals surface area contributed by atoms with Crippen molar-refractivity contribution in [2.24, 2.45) is 11.8 Å². The number of amides is 1. The van der Waals surface area contributed by atoms with Crippen LogP contribution in [0.25, 0.3) is 0 Å². The van der Waals surface area contributed by atoms with Crippen molar-refractivity contribution in [3.8, 4) is 0 Å². The number of carboxylic acid groups (broad SMARTS) is 1. The third-order valence-electron chi connectivity index (χ3n) is 9.13. The number of carboxylic acids is 1. The van der Waals surface area contributed by atoms with Crippen LogP contribution in [0.1, 0.15) is 73.1 Å². The molecule has 3 aliphatic rings. The number of piperidine rings is 1. The van der Waals surface area contributed by atoms with E-state index in [2.05, 4.69) is 29.3 Å². The fourth-order valence-electron chi connectivity index (χ4n) is 7.39. The van der Waals surface area contributed by atoms with Gasteiger partial charge >= 0.3 is 5.97 Å². The number of benzene rings is 2. The Bertz CT molecular complexity index is 1150. The standard InChI is InChI=1S/C30H36Cl2N2O3/c1-30-13-12-24-23-8-5-21(18-20(23)4-9-25(24)26(30)10-11-27(35)33-30)28(29(36)37)19-2-6-22(7-3-19)34(16-14-31)17-15-32/h2-3,5-8,18,24-26,28H,4,9-17H2,1H3,(H,33,35)(H,36,37)/t24-,25-,26+,28?,30+/m1/s1. The van der Waals surface area contributed by atoms with Crippen molar-refractivity contribution in [3.05, 3.63) is 64.7 Å². The van der Waals surface area contributed by atoms with Crippen LogP contribution in [0.4, 0.5) is 5.69 Å². The molecule has 2 aromatic rings. The van der Waals surface area contributed by atoms with E-state index in [1.165, 1.54) is 11.1 Å². The lowest BCUT2D eigenvalue weighted by Gasteiger charge is -2.54. The molecule has 2 aliphatic carbocycles. The highest BCUT2D eigenvalue weighted by molar-refractivity contribution is 6.18. The number of hydrogen-bond acceptors (Lipinski definition) is 3. The lowest BCUT2D eigenvalue weighted by atomic mass is 9.55. The number of aliphatic carboxylic acids is 1. The SMILES string of the molecule is C[C@]12CC[C@@H]3c4ccc(C(C(=O)O)c5ccc(N(CCCl)CCCl)cc5)cc4CC[C@H]3[C@@H]1CCC(=O)N2. The molecule has 2 aromatic carbocycles. The molecule has 1 aliphatic heterocycles. The number of nitrogens with one attached hydrogen (secondary N) is 1. The van der Waals surface area contributed by atoms with E-state index in [1.807, 2.05) is 30.3 Å². The van der Waals surface area contributed by atoms with Gasteiger partial charge in [-0.25, -0.2) is 0 Å². The Morgan fingerprint density at radius 1 is 1.05 bits per heavy atom. The van der Waals surface area contributed by atoms with Gasteiger partial charge < -0.3 is 15.3 Å². The summed E-state index contributed by atoms with van der Waals surface area (Å²) in [4.78, 5) is 26.7. The summed E-state index contributed by atoms with van der Waals surface area (Å²) in [6.45, 7) is 3.61. The molecule has 0 radical (unpaired) electrons. The highest BCUT2D eigenvalue weighted by Gasteiger charge is 2.50. The number of aryl methyl sites for hydroxylation is 1. The molecule has 1 amide bonds. The normalized spacial score (nSPS) is 27.3. The van der Waals surface area contributed by atoms with Gasteiger partial charge in [-0.2, -0.15) is 0 Å². The first-order valence-corrected chi connectivity index (χ1v) is 14.5. The first kappa shape index (κ1) is 26.4. The van der Waals surface area contributed by atoms with E-state index < -0.39 is 11.9 Å². The molecule has 5 atom stereocenters. The van der Waals surface area contributed by atoms with E-state index in [0.29, 0.717) is 49.0 Å². The summed E-state index contributed by atoms with van der Waals surface area (Å²) in [7, 11) is 0. The molecule has 1 saturated heterocycles. The zero-order chi connectivity index (χ0) is 26.2. The highest BCUT2D eigenvalue weighted by atomic mass is 35.5. The average Bonchev–Trinajstić information content (AvgIpc) is 2.88. The fourth-order valence-corrected chi connectivity index (χ4v) is 7.79. The second-order valence-corrected chi connectivity index (χ2v) is 11.9. The first-order chi connectivity index (χ1) is 17.8. The van der Waals surface area contributed by atoms with E-state index >= 15 is 0 Å². The van der Waals surface area contributed by atoms with Gasteiger partial charge in [0.25, 0.3) is 0 Å². The summed E-state index contributed by atoms with van der Waals surface area (Å²) in [6, 6.07) is 14.1. The second-order valence-electron chi connectivity index (χ2n) is 11.1. The molecule has 2 fully saturated rings. The second kappa shape index (κ2) is 10.9. The Labute approximate surface area is 229 Å². The van der Waals surface area contributed by atoms with Crippen molar-refractivity contribution in [1.29, 1.82) is 0 Å². The zero-order valence-corrected chi connectivity index (χ0v) is 22.9. The first-order valence-electron chi connectivity index (χ1n) is 13.5. The van der Waals surface area contributed by atoms with Crippen molar-refractivity contribution in [2.75, 3.05) is 29.7 Å². The molecule has 0 spiro atoms. The van der Waals surface area contributed by atoms with Crippen LogP contribution in [0.2, 0.25) is 0 Å². The zero-order valence-electron chi connectivity index (χ0n) is 21.4. The molecule has 2 N–H and O–H groups in total. The Balaban J connectivity index is 1.39. The van der Waals surface area contributed by atoms with Gasteiger partial charge in [-0.3, -0.25) is 9.59 Å². The van der Waals surface area contributed by atoms with Gasteiger partial charge in [0.05, 0.1) is 0 Å². The van der Waals surface area contributed by atoms with Crippen LogP contribution in [0.15, 0.2) is 42.5 Å². The molecular formula is C30H36Cl2N2O3. The number of carbonyl (C=O) groups excluding carboxylic acids is 1. The maximum atomic E-state index is 12.5. The quantitative estimate of drug-likeness (QED) is 0.406. The summed E-state index contributed by atoms with van der Waals surface area (Å²) in [5.74, 6) is 1.22. The van der Waals surface area contributed by atoms with E-state index in [-0.39, 0.29) is 11.4 Å². The van der Waals surface area contributed by atoms with E-state index in [4.69, 9.17) is 23.2 Å². The number of nitrogens with zero attached hydrogens (tertiary/aromatic N) is 1. The molecule has 1 saturated carbocycles. The monoisotopic (exact) mass is 542 g/mol. The van der Waals surface area contributed by atoms with Gasteiger partial charge in [0.2, 0.25) is 5.91 Å². The van der Waals surface area contributed by atoms with Crippen LogP contribution < -0.4 is 10.2 Å². The fraction of sp³-hybridized carbons (Fsp3) is 0.533. The molecule has 7 heteroatoms. The van der Waals surface area contributed by atoms with Crippen LogP contribution in [0.5, 0.6) is 0 Å². The Hall–Kier alpha value is -2.24. The Morgan fingerprint density at radius 2 is 1.76 bits per heavy atom. The van der Waals surface area contributed by atoms with Crippen molar-refractivity contribution < 1.29 is 14.7 Å². The third kappa shape index (κ3) is 5.09. The number of anilines is 1. The van der Waals surface area contributed by atoms with Crippen LogP contribution in [0.3, 0.4) is 0 Å². The number of carbonyl (C=O) groups is 2. The molecule has 5 nitrogen and oxygen atoms in total. The number of halogens is 2. The minimum atomic E-state index is -0.842. The van der Waals surface area contributed by atoms with Crippen LogP contribution in [-0.2, 0) is 16.0 Å². The lowest BCUT2D eigenvalue weighted by molar-refractivity contribution is -0.137. The number of fused-ring (bicyclic) bond motifs is 5. The van der Waals surface area contributed by atoms with Crippen molar-refractivity contribution in [3.63, 3.8) is 0 Å². The Kier molecular flexibility index (Phi) is 7.74. The summed E-state index contributed by atoms with van der Waals surface area (Å²) in [5, 5.41) is 13.5. The van der Waals surface area contributed by atoms with Gasteiger partial charge in [0, 0.05) is 42.5 Å². The number of alkyl halides is 2. The third-order valence-corrected chi connectivity index (χ3v) is 9.47. The minimum absolute atomic E-state index is 0.0857. The highest BCUT2D eigenvalue weighted by Crippen LogP contribution is 2.54. The average molecular weight is 544 g/mol. The summed E-state index contributed by atoms with van der Waals surface area (Å²) >= 11 is 11.9. The largest absolute Gasteiger partial charge is 0.481 e. The Morgan fingerprint density at radius 3 is 2.43 bits per heavy atom. The van der Waals surface area contributed by atoms with Gasteiger partial charge in [-0.05, 0) is 91.2 Å². The van der Waals surface area contributed by atoms with Gasteiger partial charge in [-0.15, -0.1) is 23.2 Å². The molecule has 1 heterocycles. The number of hydrogen-bond donors (Lipinski definition) is 2. The maximum Gasteiger partial charge on any atom is 0.315 e. The van der Waals surface area contributed by atoms with Crippen LogP contribution in [-0.4, -0.2) is 47.4 Å². The predicted octanol–water partition coefficient (Wildman–Crippen LogP) is 5.91. The lowest BCUT2D eigenvalue weighted by Crippen LogP contribution is -2.60. The smallest absolute Gasteiger partial charge is 0.315 e. The van der Waals surface area contributed by atoms with Gasteiger partial charge in [0.15, 0.2) is 0 Å². The molecule has 5 rings (SSSR count). The molecule has 0 bridgehead atoms. The van der Waals surface area contributed by atoms with E-state index in [0.717, 1.165) is 48.9 Å². The van der Waals surface area contributed by atoms with Crippen molar-refractivity contribution in [2.45, 2.75) is 62.8 Å². The predicted molar refractivity (Wildman–Crippen MR) is 149 cm³/mol. The van der Waals surface area contributed by atoms with Crippen LogP contribution >= 0.6 is 23.2 Å². The topological polar surface area (TPSA) is 69.6 Å². The van der Waals surface area contributed by atoms with E-state index in [9.17, 15) is 14.7 Å². The van der Waals surface area contributed by atoms with Gasteiger partial charge in [-0.1, -0.05) is 30.3 Å². The molecule has 198 valence electrons. The molecule has 0 aromatic heterocycles. The summed E-state index contributed by atoms with van der Waals surface area (Å²) < 4.78 is 0. The van der Waals surface area contributed by atoms with Gasteiger partial charge in [0.1, 0.15) is 5.92 Å². The minimum Gasteiger partial charge on any atom is -0.481 e. The molecular weight excluding hydrogens is 507 g/mol. The molecule has 37 heavy (non-hydrogen) atoms. The van der Waals surface area contributed by atoms with Crippen LogP contribution in [0, 0.1) is 11.8 Å². The maximum absolute atomic E-state index is 12.5. The number of rotatable bonds is 8. The van der Waals surface area contributed by atoms with Crippen molar-refractivity contribution in [1.82, 2.24) is 5.32 Å². The van der Waals surface area contributed by atoms with Crippen molar-refractivity contribution >= 4 is 40.8 Å². The summed E-state index contributed by atoms with van der Waals surface area (Å²) in [5.41, 5.74) is 5.19. The summed E-state index contributed by atoms with van der Waals surface area (Å²) in [6.07, 6.45) is 5.73. The van der Waals surface area contributed by atoms with E-state index in [1.54, 1.807) is 0 Å².